The predicted molar refractivity (Wildman–Crippen MR) is 120 cm³/mol. The Kier molecular flexibility index (Phi) is 5.76. The highest BCUT2D eigenvalue weighted by molar-refractivity contribution is 6.32. The molecule has 0 bridgehead atoms. The molecule has 1 saturated heterocycles. The second-order valence-corrected chi connectivity index (χ2v) is 8.36. The molecular formula is C24H26ClNO4. The van der Waals surface area contributed by atoms with E-state index in [0.29, 0.717) is 39.0 Å². The summed E-state index contributed by atoms with van der Waals surface area (Å²) in [5.74, 6) is 1.49. The molecule has 0 saturated carbocycles. The third-order valence-electron chi connectivity index (χ3n) is 5.90. The number of halogens is 1. The van der Waals surface area contributed by atoms with Crippen LogP contribution in [0.4, 0.5) is 0 Å². The molecule has 1 aromatic heterocycles. The Hall–Kier alpha value is -2.50. The standard InChI is InChI=1S/C24H26ClNO4/c1-14-11-17(15-7-9-26(2)10-8-15)23-18(12-14)21(27)24(29-4)22(30-23)16-5-6-20(28-3)19(25)13-16/h5-6,11-13,15H,7-10H2,1-4H3. The molecule has 1 fully saturated rings. The molecular weight excluding hydrogens is 402 g/mol. The number of piperidine rings is 1. The van der Waals surface area contributed by atoms with E-state index in [9.17, 15) is 4.79 Å². The molecule has 0 N–H and O–H groups in total. The van der Waals surface area contributed by atoms with Crippen molar-refractivity contribution in [3.63, 3.8) is 0 Å². The first kappa shape index (κ1) is 20.8. The van der Waals surface area contributed by atoms with Crippen molar-refractivity contribution in [1.82, 2.24) is 4.90 Å². The molecule has 2 heterocycles. The Labute approximate surface area is 181 Å². The number of hydrogen-bond acceptors (Lipinski definition) is 5. The van der Waals surface area contributed by atoms with Crippen LogP contribution in [0.3, 0.4) is 0 Å². The molecule has 3 aromatic rings. The maximum absolute atomic E-state index is 13.4. The lowest BCUT2D eigenvalue weighted by atomic mass is 9.87. The van der Waals surface area contributed by atoms with Gasteiger partial charge in [-0.2, -0.15) is 0 Å². The van der Waals surface area contributed by atoms with Crippen molar-refractivity contribution < 1.29 is 13.9 Å². The molecule has 6 heteroatoms. The van der Waals surface area contributed by atoms with Crippen LogP contribution in [-0.4, -0.2) is 39.3 Å². The van der Waals surface area contributed by atoms with Gasteiger partial charge >= 0.3 is 0 Å². The summed E-state index contributed by atoms with van der Waals surface area (Å²) < 4.78 is 17.1. The van der Waals surface area contributed by atoms with Crippen LogP contribution in [0.1, 0.15) is 29.9 Å². The van der Waals surface area contributed by atoms with Crippen LogP contribution >= 0.6 is 11.6 Å². The lowest BCUT2D eigenvalue weighted by Crippen LogP contribution is -2.29. The number of ether oxygens (including phenoxy) is 2. The van der Waals surface area contributed by atoms with Gasteiger partial charge in [-0.1, -0.05) is 17.7 Å². The molecule has 0 atom stereocenters. The van der Waals surface area contributed by atoms with Gasteiger partial charge in [-0.05, 0) is 81.2 Å². The number of hydrogen-bond donors (Lipinski definition) is 0. The highest BCUT2D eigenvalue weighted by atomic mass is 35.5. The molecule has 0 unspecified atom stereocenters. The van der Waals surface area contributed by atoms with Gasteiger partial charge in [0.15, 0.2) is 5.76 Å². The second-order valence-electron chi connectivity index (χ2n) is 7.95. The third kappa shape index (κ3) is 3.68. The largest absolute Gasteiger partial charge is 0.495 e. The number of benzene rings is 2. The summed E-state index contributed by atoms with van der Waals surface area (Å²) in [6.45, 7) is 4.07. The fourth-order valence-electron chi connectivity index (χ4n) is 4.26. The van der Waals surface area contributed by atoms with E-state index in [2.05, 4.69) is 18.0 Å². The smallest absolute Gasteiger partial charge is 0.235 e. The van der Waals surface area contributed by atoms with Crippen LogP contribution in [-0.2, 0) is 0 Å². The highest BCUT2D eigenvalue weighted by Gasteiger charge is 2.25. The average Bonchev–Trinajstić information content (AvgIpc) is 2.74. The SMILES string of the molecule is COc1ccc(-c2oc3c(C4CCN(C)CC4)cc(C)cc3c(=O)c2OC)cc1Cl. The number of methoxy groups -OCH3 is 2. The van der Waals surface area contributed by atoms with E-state index in [4.69, 9.17) is 25.5 Å². The first-order chi connectivity index (χ1) is 14.4. The van der Waals surface area contributed by atoms with Gasteiger partial charge in [-0.3, -0.25) is 4.79 Å². The fourth-order valence-corrected chi connectivity index (χ4v) is 4.52. The normalized spacial score (nSPS) is 15.5. The van der Waals surface area contributed by atoms with Crippen molar-refractivity contribution in [3.05, 3.63) is 56.7 Å². The number of aryl methyl sites for hydroxylation is 1. The van der Waals surface area contributed by atoms with Crippen LogP contribution < -0.4 is 14.9 Å². The molecule has 0 radical (unpaired) electrons. The molecule has 4 rings (SSSR count). The van der Waals surface area contributed by atoms with Crippen molar-refractivity contribution in [2.75, 3.05) is 34.4 Å². The summed E-state index contributed by atoms with van der Waals surface area (Å²) in [4.78, 5) is 15.7. The summed E-state index contributed by atoms with van der Waals surface area (Å²) in [6, 6.07) is 9.34. The lowest BCUT2D eigenvalue weighted by Gasteiger charge is -2.29. The van der Waals surface area contributed by atoms with E-state index in [1.54, 1.807) is 19.2 Å². The van der Waals surface area contributed by atoms with Crippen molar-refractivity contribution in [2.24, 2.45) is 0 Å². The summed E-state index contributed by atoms with van der Waals surface area (Å²) in [6.07, 6.45) is 2.07. The number of fused-ring (bicyclic) bond motifs is 1. The maximum atomic E-state index is 13.4. The molecule has 30 heavy (non-hydrogen) atoms. The molecule has 1 aliphatic rings. The molecule has 5 nitrogen and oxygen atoms in total. The zero-order valence-corrected chi connectivity index (χ0v) is 18.5. The number of likely N-dealkylation sites (tertiary alicyclic amines) is 1. The Morgan fingerprint density at radius 3 is 2.47 bits per heavy atom. The van der Waals surface area contributed by atoms with E-state index >= 15 is 0 Å². The zero-order chi connectivity index (χ0) is 21.4. The van der Waals surface area contributed by atoms with Gasteiger partial charge in [0.1, 0.15) is 11.3 Å². The Bertz CT molecular complexity index is 1150. The van der Waals surface area contributed by atoms with Gasteiger partial charge < -0.3 is 18.8 Å². The van der Waals surface area contributed by atoms with Gasteiger partial charge in [0.2, 0.25) is 11.2 Å². The predicted octanol–water partition coefficient (Wildman–Crippen LogP) is 5.25. The zero-order valence-electron chi connectivity index (χ0n) is 17.8. The topological polar surface area (TPSA) is 51.9 Å². The van der Waals surface area contributed by atoms with Crippen LogP contribution in [0.2, 0.25) is 5.02 Å². The Balaban J connectivity index is 1.95. The third-order valence-corrected chi connectivity index (χ3v) is 6.20. The van der Waals surface area contributed by atoms with Crippen molar-refractivity contribution in [1.29, 1.82) is 0 Å². The number of nitrogens with zero attached hydrogens (tertiary/aromatic N) is 1. The van der Waals surface area contributed by atoms with Gasteiger partial charge in [-0.15, -0.1) is 0 Å². The molecule has 2 aromatic carbocycles. The second kappa shape index (κ2) is 8.32. The summed E-state index contributed by atoms with van der Waals surface area (Å²) in [5.41, 5.74) is 3.29. The van der Waals surface area contributed by atoms with Gasteiger partial charge in [0, 0.05) is 5.56 Å². The van der Waals surface area contributed by atoms with Crippen molar-refractivity contribution in [3.8, 4) is 22.8 Å². The average molecular weight is 428 g/mol. The molecule has 0 amide bonds. The monoisotopic (exact) mass is 427 g/mol. The minimum absolute atomic E-state index is 0.168. The van der Waals surface area contributed by atoms with Gasteiger partial charge in [0.05, 0.1) is 24.6 Å². The van der Waals surface area contributed by atoms with Crippen molar-refractivity contribution >= 4 is 22.6 Å². The van der Waals surface area contributed by atoms with Gasteiger partial charge in [0.25, 0.3) is 0 Å². The van der Waals surface area contributed by atoms with E-state index in [1.807, 2.05) is 19.1 Å². The minimum atomic E-state index is -0.168. The number of rotatable bonds is 4. The molecule has 0 spiro atoms. The fraction of sp³-hybridized carbons (Fsp3) is 0.375. The summed E-state index contributed by atoms with van der Waals surface area (Å²) in [7, 11) is 5.19. The lowest BCUT2D eigenvalue weighted by molar-refractivity contribution is 0.255. The van der Waals surface area contributed by atoms with E-state index in [-0.39, 0.29) is 11.2 Å². The van der Waals surface area contributed by atoms with Crippen molar-refractivity contribution in [2.45, 2.75) is 25.7 Å². The Morgan fingerprint density at radius 2 is 1.83 bits per heavy atom. The van der Waals surface area contributed by atoms with Gasteiger partial charge in [-0.25, -0.2) is 0 Å². The van der Waals surface area contributed by atoms with Crippen LogP contribution in [0, 0.1) is 6.92 Å². The first-order valence-corrected chi connectivity index (χ1v) is 10.5. The van der Waals surface area contributed by atoms with E-state index in [1.165, 1.54) is 7.11 Å². The van der Waals surface area contributed by atoms with Crippen LogP contribution in [0.25, 0.3) is 22.3 Å². The first-order valence-electron chi connectivity index (χ1n) is 10.1. The van der Waals surface area contributed by atoms with E-state index < -0.39 is 0 Å². The Morgan fingerprint density at radius 1 is 1.10 bits per heavy atom. The molecule has 158 valence electrons. The van der Waals surface area contributed by atoms with Crippen LogP contribution in [0.5, 0.6) is 11.5 Å². The van der Waals surface area contributed by atoms with E-state index in [0.717, 1.165) is 37.1 Å². The quantitative estimate of drug-likeness (QED) is 0.569. The minimum Gasteiger partial charge on any atom is -0.495 e. The molecule has 0 aliphatic carbocycles. The maximum Gasteiger partial charge on any atom is 0.235 e. The summed E-state index contributed by atoms with van der Waals surface area (Å²) in [5, 5.41) is 1.00. The highest BCUT2D eigenvalue weighted by Crippen LogP contribution is 2.39. The summed E-state index contributed by atoms with van der Waals surface area (Å²) >= 11 is 6.33. The molecule has 1 aliphatic heterocycles. The van der Waals surface area contributed by atoms with Crippen LogP contribution in [0.15, 0.2) is 39.5 Å².